The van der Waals surface area contributed by atoms with Gasteiger partial charge in [-0.15, -0.1) is 0 Å². The number of fused-ring (bicyclic) bond motifs is 3. The Morgan fingerprint density at radius 1 is 0.424 bits per heavy atom. The van der Waals surface area contributed by atoms with Gasteiger partial charge in [-0.05, 0) is 35.4 Å². The highest BCUT2D eigenvalue weighted by Gasteiger charge is 2.18. The fourth-order valence-electron chi connectivity index (χ4n) is 4.51. The Morgan fingerprint density at radius 3 is 1.18 bits per heavy atom. The molecule has 158 valence electrons. The summed E-state index contributed by atoms with van der Waals surface area (Å²) in [5, 5.41) is 30.6. The van der Waals surface area contributed by atoms with Crippen LogP contribution in [0, 0.1) is 0 Å². The van der Waals surface area contributed by atoms with Crippen LogP contribution >= 0.6 is 0 Å². The van der Waals surface area contributed by atoms with Crippen molar-refractivity contribution in [3.63, 3.8) is 0 Å². The van der Waals surface area contributed by atoms with Crippen LogP contribution in [0.3, 0.4) is 0 Å². The second kappa shape index (κ2) is 6.79. The van der Waals surface area contributed by atoms with Crippen LogP contribution in [-0.2, 0) is 0 Å². The molecule has 0 radical (unpaired) electrons. The first-order valence-electron chi connectivity index (χ1n) is 10.5. The average molecular weight is 431 g/mol. The molecule has 0 amide bonds. The van der Waals surface area contributed by atoms with Crippen LogP contribution in [-0.4, -0.2) is 45.8 Å². The molecule has 7 rings (SSSR count). The molecule has 7 aromatic rings. The van der Waals surface area contributed by atoms with Crippen LogP contribution in [0.25, 0.3) is 66.3 Å². The molecule has 0 bridgehead atoms. The number of nitrogens with one attached hydrogen (secondary N) is 5. The molecule has 0 saturated carbocycles. The van der Waals surface area contributed by atoms with Gasteiger partial charge in [0.25, 0.3) is 0 Å². The summed E-state index contributed by atoms with van der Waals surface area (Å²) in [4.78, 5) is 3.71. The Morgan fingerprint density at radius 2 is 0.818 bits per heavy atom. The minimum Gasteiger partial charge on any atom is -0.353 e. The Balaban J connectivity index is 1.62. The van der Waals surface area contributed by atoms with Crippen molar-refractivity contribution in [1.82, 2.24) is 45.8 Å². The Bertz CT molecular complexity index is 1560. The number of benzene rings is 2. The Kier molecular flexibility index (Phi) is 3.65. The molecule has 5 N–H and O–H groups in total. The van der Waals surface area contributed by atoms with Gasteiger partial charge in [0, 0.05) is 68.9 Å². The summed E-state index contributed by atoms with van der Waals surface area (Å²) in [6.45, 7) is 0. The molecule has 9 nitrogen and oxygen atoms in total. The summed E-state index contributed by atoms with van der Waals surface area (Å²) in [6.07, 6.45) is 15.0. The van der Waals surface area contributed by atoms with E-state index < -0.39 is 0 Å². The molecule has 0 aliphatic carbocycles. The molecule has 0 atom stereocenters. The van der Waals surface area contributed by atoms with Gasteiger partial charge < -0.3 is 4.98 Å². The van der Waals surface area contributed by atoms with E-state index in [0.717, 1.165) is 66.3 Å². The van der Waals surface area contributed by atoms with Crippen molar-refractivity contribution in [2.45, 2.75) is 0 Å². The molecule has 0 spiro atoms. The van der Waals surface area contributed by atoms with Crippen molar-refractivity contribution >= 4 is 21.8 Å². The molecule has 0 aliphatic rings. The molecule has 33 heavy (non-hydrogen) atoms. The molecule has 2 aromatic carbocycles. The molecule has 0 unspecified atom stereocenters. The maximum atomic E-state index is 4.18. The number of hydrogen-bond donors (Lipinski definition) is 5. The molecule has 0 fully saturated rings. The molecule has 5 aromatic heterocycles. The normalized spacial score (nSPS) is 11.6. The standard InChI is InChI=1S/C24H17N9/c1-13(15-5-25-26-6-15)3-21-22-4-14(16-7-27-28-8-16)2-20(18-11-31-32-12-18)24(22)33-23(21)19(1)17-9-29-30-10-17/h1-12,33H,(H,25,26)(H,27,28)(H,29,30)(H,31,32). The summed E-state index contributed by atoms with van der Waals surface area (Å²) in [5.74, 6) is 0. The zero-order valence-electron chi connectivity index (χ0n) is 17.2. The average Bonchev–Trinajstić information content (AvgIpc) is 3.69. The summed E-state index contributed by atoms with van der Waals surface area (Å²) >= 11 is 0. The first-order valence-corrected chi connectivity index (χ1v) is 10.5. The van der Waals surface area contributed by atoms with Gasteiger partial charge >= 0.3 is 0 Å². The van der Waals surface area contributed by atoms with Crippen LogP contribution in [0.5, 0.6) is 0 Å². The van der Waals surface area contributed by atoms with Crippen molar-refractivity contribution in [2.75, 3.05) is 0 Å². The van der Waals surface area contributed by atoms with E-state index in [-0.39, 0.29) is 0 Å². The highest BCUT2D eigenvalue weighted by molar-refractivity contribution is 6.17. The van der Waals surface area contributed by atoms with E-state index >= 15 is 0 Å². The fourth-order valence-corrected chi connectivity index (χ4v) is 4.51. The first kappa shape index (κ1) is 17.7. The smallest absolute Gasteiger partial charge is 0.0566 e. The minimum atomic E-state index is 1.01. The fraction of sp³-hybridized carbons (Fsp3) is 0. The number of aromatic nitrogens is 9. The van der Waals surface area contributed by atoms with Crippen molar-refractivity contribution in [3.8, 4) is 44.5 Å². The monoisotopic (exact) mass is 431 g/mol. The SMILES string of the molecule is c1n[nH]cc1-c1cc(-c2cn[nH]c2)c2[nH]c3c(-c4cn[nH]c4)cc(-c4cn[nH]c4)cc3c2c1. The topological polar surface area (TPSA) is 131 Å². The summed E-state index contributed by atoms with van der Waals surface area (Å²) in [6, 6.07) is 8.76. The van der Waals surface area contributed by atoms with Crippen molar-refractivity contribution in [2.24, 2.45) is 0 Å². The Hall–Kier alpha value is -4.92. The van der Waals surface area contributed by atoms with Gasteiger partial charge in [0.1, 0.15) is 0 Å². The van der Waals surface area contributed by atoms with Gasteiger partial charge in [0.2, 0.25) is 0 Å². The maximum Gasteiger partial charge on any atom is 0.0566 e. The van der Waals surface area contributed by atoms with Crippen LogP contribution < -0.4 is 0 Å². The van der Waals surface area contributed by atoms with Gasteiger partial charge in [-0.25, -0.2) is 0 Å². The zero-order chi connectivity index (χ0) is 21.8. The van der Waals surface area contributed by atoms with E-state index in [1.165, 1.54) is 0 Å². The predicted molar refractivity (Wildman–Crippen MR) is 126 cm³/mol. The highest BCUT2D eigenvalue weighted by atomic mass is 15.1. The third kappa shape index (κ3) is 2.72. The summed E-state index contributed by atoms with van der Waals surface area (Å²) in [5.41, 5.74) is 10.5. The lowest BCUT2D eigenvalue weighted by molar-refractivity contribution is 1.09. The van der Waals surface area contributed by atoms with Gasteiger partial charge in [0.05, 0.1) is 35.8 Å². The quantitative estimate of drug-likeness (QED) is 0.272. The molecule has 9 heteroatoms. The lowest BCUT2D eigenvalue weighted by Crippen LogP contribution is -1.82. The molecule has 0 aliphatic heterocycles. The van der Waals surface area contributed by atoms with Crippen LogP contribution in [0.1, 0.15) is 0 Å². The second-order valence-corrected chi connectivity index (χ2v) is 7.97. The number of aromatic amines is 5. The molecular weight excluding hydrogens is 414 g/mol. The van der Waals surface area contributed by atoms with Gasteiger partial charge in [-0.2, -0.15) is 20.4 Å². The van der Waals surface area contributed by atoms with E-state index in [1.807, 2.05) is 49.6 Å². The van der Waals surface area contributed by atoms with Gasteiger partial charge in [0.15, 0.2) is 0 Å². The lowest BCUT2D eigenvalue weighted by Gasteiger charge is -2.06. The van der Waals surface area contributed by atoms with Crippen molar-refractivity contribution in [1.29, 1.82) is 0 Å². The number of rotatable bonds is 4. The van der Waals surface area contributed by atoms with E-state index in [0.29, 0.717) is 0 Å². The van der Waals surface area contributed by atoms with Crippen molar-refractivity contribution < 1.29 is 0 Å². The largest absolute Gasteiger partial charge is 0.353 e. The van der Waals surface area contributed by atoms with Crippen LogP contribution in [0.4, 0.5) is 0 Å². The van der Waals surface area contributed by atoms with Crippen LogP contribution in [0.15, 0.2) is 73.8 Å². The third-order valence-corrected chi connectivity index (χ3v) is 6.10. The molecular formula is C24H17N9. The number of H-pyrrole nitrogens is 5. The maximum absolute atomic E-state index is 4.18. The third-order valence-electron chi connectivity index (χ3n) is 6.10. The minimum absolute atomic E-state index is 1.01. The van der Waals surface area contributed by atoms with E-state index in [4.69, 9.17) is 0 Å². The van der Waals surface area contributed by atoms with Crippen molar-refractivity contribution in [3.05, 3.63) is 73.8 Å². The zero-order valence-corrected chi connectivity index (χ0v) is 17.2. The highest BCUT2D eigenvalue weighted by Crippen LogP contribution is 2.41. The predicted octanol–water partition coefficient (Wildman–Crippen LogP) is 4.88. The lowest BCUT2D eigenvalue weighted by atomic mass is 9.95. The summed E-state index contributed by atoms with van der Waals surface area (Å²) < 4.78 is 0. The molecule has 0 saturated heterocycles. The first-order chi connectivity index (χ1) is 16.3. The van der Waals surface area contributed by atoms with Gasteiger partial charge in [-0.1, -0.05) is 0 Å². The van der Waals surface area contributed by atoms with E-state index in [9.17, 15) is 0 Å². The van der Waals surface area contributed by atoms with E-state index in [2.05, 4.69) is 70.0 Å². The van der Waals surface area contributed by atoms with E-state index in [1.54, 1.807) is 0 Å². The summed E-state index contributed by atoms with van der Waals surface area (Å²) in [7, 11) is 0. The van der Waals surface area contributed by atoms with Crippen LogP contribution in [0.2, 0.25) is 0 Å². The Labute approximate surface area is 186 Å². The molecule has 5 heterocycles. The van der Waals surface area contributed by atoms with Gasteiger partial charge in [-0.3, -0.25) is 20.4 Å². The number of nitrogens with zero attached hydrogens (tertiary/aromatic N) is 4. The number of hydrogen-bond acceptors (Lipinski definition) is 4. The second-order valence-electron chi connectivity index (χ2n) is 7.97.